The van der Waals surface area contributed by atoms with Gasteiger partial charge in [0, 0.05) is 18.3 Å². The molecule has 0 bridgehead atoms. The molecule has 1 aromatic carbocycles. The quantitative estimate of drug-likeness (QED) is 0.457. The van der Waals surface area contributed by atoms with Gasteiger partial charge in [0.15, 0.2) is 0 Å². The molecule has 4 heteroatoms. The lowest BCUT2D eigenvalue weighted by Crippen LogP contribution is -2.80. The van der Waals surface area contributed by atoms with Gasteiger partial charge in [-0.25, -0.2) is 4.39 Å². The molecule has 0 heterocycles. The fourth-order valence-electron chi connectivity index (χ4n) is 4.49. The Hall–Kier alpha value is -1.86. The minimum absolute atomic E-state index is 0.0681. The van der Waals surface area contributed by atoms with Crippen molar-refractivity contribution in [3.8, 4) is 12.3 Å². The van der Waals surface area contributed by atoms with Crippen LogP contribution in [0.3, 0.4) is 0 Å². The van der Waals surface area contributed by atoms with Crippen molar-refractivity contribution in [1.29, 1.82) is 0 Å². The van der Waals surface area contributed by atoms with Gasteiger partial charge in [0.05, 0.1) is 13.6 Å². The second-order valence-corrected chi connectivity index (χ2v) is 8.41. The fraction of sp³-hybridized carbons (Fsp3) is 0.625. The van der Waals surface area contributed by atoms with Gasteiger partial charge in [-0.2, -0.15) is 0 Å². The summed E-state index contributed by atoms with van der Waals surface area (Å²) in [6.45, 7) is 3.86. The highest BCUT2D eigenvalue weighted by molar-refractivity contribution is 5.38. The van der Waals surface area contributed by atoms with Crippen LogP contribution in [0.4, 0.5) is 4.39 Å². The Morgan fingerprint density at radius 2 is 2.04 bits per heavy atom. The van der Waals surface area contributed by atoms with E-state index in [1.807, 2.05) is 13.1 Å². The van der Waals surface area contributed by atoms with E-state index >= 15 is 0 Å². The standard InChI is InChI=1S/C14H19F.C10H15NO2/c1-14(9-4-2-3-5-10-14)12-7-6-8-13(15)11-12;1-3-8-6-10(13-7-12)9(8)4-5-11-2/h6-8,11H,2-5,9-10H2,1H3;1,7-11H,4-6H2,2H3/p+1. The van der Waals surface area contributed by atoms with Crippen LogP contribution < -0.4 is 5.32 Å². The summed E-state index contributed by atoms with van der Waals surface area (Å²) in [5, 5.41) is 2.11. The van der Waals surface area contributed by atoms with Crippen molar-refractivity contribution in [2.45, 2.75) is 69.8 Å². The highest BCUT2D eigenvalue weighted by Crippen LogP contribution is 2.38. The molecule has 0 aliphatic heterocycles. The zero-order valence-electron chi connectivity index (χ0n) is 17.3. The van der Waals surface area contributed by atoms with Crippen LogP contribution in [0, 0.1) is 30.0 Å². The fourth-order valence-corrected chi connectivity index (χ4v) is 4.49. The Morgan fingerprint density at radius 1 is 1.32 bits per heavy atom. The van der Waals surface area contributed by atoms with Gasteiger partial charge >= 0.3 is 0 Å². The number of hydrogen-bond donors (Lipinski definition) is 1. The first-order valence-electron chi connectivity index (χ1n) is 10.6. The molecule has 0 radical (unpaired) electrons. The summed E-state index contributed by atoms with van der Waals surface area (Å²) in [7, 11) is 2.03. The van der Waals surface area contributed by atoms with Crippen molar-refractivity contribution in [3.05, 3.63) is 35.6 Å². The van der Waals surface area contributed by atoms with E-state index in [0.29, 0.717) is 18.3 Å². The molecule has 3 rings (SSSR count). The predicted molar refractivity (Wildman–Crippen MR) is 110 cm³/mol. The SMILES string of the molecule is C#CC1CC(OC=O)C1CC[NH2+]C.CC1(c2cccc(F)c2)CCCCCC1. The van der Waals surface area contributed by atoms with Crippen LogP contribution in [-0.4, -0.2) is 26.2 Å². The first kappa shape index (κ1) is 22.4. The van der Waals surface area contributed by atoms with Crippen LogP contribution in [0.25, 0.3) is 0 Å². The number of benzene rings is 1. The highest BCUT2D eigenvalue weighted by Gasteiger charge is 2.41. The molecule has 3 atom stereocenters. The number of rotatable bonds is 6. The van der Waals surface area contributed by atoms with Crippen LogP contribution in [0.5, 0.6) is 0 Å². The molecule has 3 unspecified atom stereocenters. The number of nitrogens with two attached hydrogens (primary N) is 1. The van der Waals surface area contributed by atoms with Crippen molar-refractivity contribution >= 4 is 6.47 Å². The Kier molecular flexibility index (Phi) is 8.99. The molecule has 3 nitrogen and oxygen atoms in total. The summed E-state index contributed by atoms with van der Waals surface area (Å²) >= 11 is 0. The molecule has 28 heavy (non-hydrogen) atoms. The molecule has 2 fully saturated rings. The molecular weight excluding hydrogens is 353 g/mol. The summed E-state index contributed by atoms with van der Waals surface area (Å²) in [6, 6.07) is 7.16. The van der Waals surface area contributed by atoms with Crippen molar-refractivity contribution in [3.63, 3.8) is 0 Å². The van der Waals surface area contributed by atoms with E-state index in [0.717, 1.165) is 19.4 Å². The first-order valence-corrected chi connectivity index (χ1v) is 10.6. The van der Waals surface area contributed by atoms with Crippen LogP contribution in [0.2, 0.25) is 0 Å². The van der Waals surface area contributed by atoms with Crippen LogP contribution >= 0.6 is 0 Å². The monoisotopic (exact) mass is 388 g/mol. The molecule has 1 aromatic rings. The summed E-state index contributed by atoms with van der Waals surface area (Å²) in [5.41, 5.74) is 1.39. The van der Waals surface area contributed by atoms with Crippen LogP contribution in [-0.2, 0) is 14.9 Å². The zero-order valence-corrected chi connectivity index (χ0v) is 17.3. The average molecular weight is 389 g/mol. The lowest BCUT2D eigenvalue weighted by atomic mass is 9.69. The topological polar surface area (TPSA) is 42.9 Å². The average Bonchev–Trinajstić information content (AvgIpc) is 2.91. The maximum atomic E-state index is 13.2. The Labute approximate surface area is 169 Å². The largest absolute Gasteiger partial charge is 0.464 e. The second-order valence-electron chi connectivity index (χ2n) is 8.41. The lowest BCUT2D eigenvalue weighted by molar-refractivity contribution is -0.628. The van der Waals surface area contributed by atoms with Gasteiger partial charge in [0.1, 0.15) is 11.9 Å². The van der Waals surface area contributed by atoms with Gasteiger partial charge in [-0.15, -0.1) is 12.3 Å². The zero-order chi connectivity index (χ0) is 20.4. The second kappa shape index (κ2) is 11.2. The number of hydrogen-bond acceptors (Lipinski definition) is 2. The van der Waals surface area contributed by atoms with Gasteiger partial charge < -0.3 is 10.1 Å². The molecule has 2 aliphatic carbocycles. The summed E-state index contributed by atoms with van der Waals surface area (Å²) in [6.07, 6.45) is 14.9. The third kappa shape index (κ3) is 6.07. The van der Waals surface area contributed by atoms with Crippen molar-refractivity contribution < 1.29 is 19.2 Å². The molecule has 2 saturated carbocycles. The molecule has 0 amide bonds. The maximum Gasteiger partial charge on any atom is 0.293 e. The maximum absolute atomic E-state index is 13.2. The Morgan fingerprint density at radius 3 is 2.61 bits per heavy atom. The van der Waals surface area contributed by atoms with E-state index in [1.165, 1.54) is 50.2 Å². The molecule has 0 saturated heterocycles. The molecular formula is C24H35FNO2+. The number of ether oxygens (including phenoxy) is 1. The van der Waals surface area contributed by atoms with E-state index in [9.17, 15) is 9.18 Å². The molecule has 0 aromatic heterocycles. The summed E-state index contributed by atoms with van der Waals surface area (Å²) in [5.74, 6) is 3.33. The normalized spacial score (nSPS) is 25.9. The van der Waals surface area contributed by atoms with E-state index in [4.69, 9.17) is 11.2 Å². The minimum Gasteiger partial charge on any atom is -0.464 e. The Balaban J connectivity index is 0.000000203. The smallest absolute Gasteiger partial charge is 0.293 e. The van der Waals surface area contributed by atoms with Gasteiger partial charge in [-0.3, -0.25) is 4.79 Å². The summed E-state index contributed by atoms with van der Waals surface area (Å²) < 4.78 is 18.1. The predicted octanol–water partition coefficient (Wildman–Crippen LogP) is 3.82. The molecule has 2 N–H and O–H groups in total. The van der Waals surface area contributed by atoms with Gasteiger partial charge in [0.2, 0.25) is 0 Å². The highest BCUT2D eigenvalue weighted by atomic mass is 19.1. The number of quaternary nitrogens is 1. The molecule has 154 valence electrons. The first-order chi connectivity index (χ1) is 13.5. The van der Waals surface area contributed by atoms with E-state index in [-0.39, 0.29) is 17.3 Å². The third-order valence-corrected chi connectivity index (χ3v) is 6.44. The number of halogens is 1. The van der Waals surface area contributed by atoms with Crippen LogP contribution in [0.1, 0.15) is 63.9 Å². The van der Waals surface area contributed by atoms with Gasteiger partial charge in [-0.05, 0) is 42.4 Å². The third-order valence-electron chi connectivity index (χ3n) is 6.44. The number of carbonyl (C=O) groups excluding carboxylic acids is 1. The lowest BCUT2D eigenvalue weighted by Gasteiger charge is -2.39. The van der Waals surface area contributed by atoms with Crippen molar-refractivity contribution in [1.82, 2.24) is 0 Å². The van der Waals surface area contributed by atoms with E-state index in [2.05, 4.69) is 24.2 Å². The number of terminal acetylenes is 1. The van der Waals surface area contributed by atoms with Crippen LogP contribution in [0.15, 0.2) is 24.3 Å². The summed E-state index contributed by atoms with van der Waals surface area (Å²) in [4.78, 5) is 10.1. The molecule has 2 aliphatic rings. The Bertz CT molecular complexity index is 646. The van der Waals surface area contributed by atoms with E-state index < -0.39 is 0 Å². The van der Waals surface area contributed by atoms with Gasteiger partial charge in [-0.1, -0.05) is 44.7 Å². The number of carbonyl (C=O) groups is 1. The van der Waals surface area contributed by atoms with E-state index in [1.54, 1.807) is 6.07 Å². The van der Waals surface area contributed by atoms with Gasteiger partial charge in [0.25, 0.3) is 6.47 Å². The molecule has 0 spiro atoms. The van der Waals surface area contributed by atoms with Crippen molar-refractivity contribution in [2.24, 2.45) is 11.8 Å². The minimum atomic E-state index is -0.0991. The van der Waals surface area contributed by atoms with Crippen molar-refractivity contribution in [2.75, 3.05) is 13.6 Å².